The van der Waals surface area contributed by atoms with Crippen LogP contribution >= 0.6 is 91.5 Å². The Morgan fingerprint density at radius 3 is 1.00 bits per heavy atom. The fourth-order valence-corrected chi connectivity index (χ4v) is 20.8. The van der Waals surface area contributed by atoms with E-state index >= 15 is 0 Å². The lowest BCUT2D eigenvalue weighted by Gasteiger charge is -2.22. The number of nitrogens with zero attached hydrogens (tertiary/aromatic N) is 5. The maximum absolute atomic E-state index is 4.98. The van der Waals surface area contributed by atoms with Crippen LogP contribution in [0.2, 0.25) is 0 Å². The molecule has 0 N–H and O–H groups in total. The van der Waals surface area contributed by atoms with Crippen molar-refractivity contribution in [2.45, 2.75) is 188 Å². The van der Waals surface area contributed by atoms with Crippen molar-refractivity contribution in [3.63, 3.8) is 0 Å². The minimum absolute atomic E-state index is 0.406. The predicted molar refractivity (Wildman–Crippen MR) is 403 cm³/mol. The van der Waals surface area contributed by atoms with E-state index in [9.17, 15) is 0 Å². The Labute approximate surface area is 565 Å². The number of benzene rings is 4. The van der Waals surface area contributed by atoms with Gasteiger partial charge in [-0.05, 0) is 135 Å². The zero-order valence-corrected chi connectivity index (χ0v) is 59.3. The van der Waals surface area contributed by atoms with E-state index in [2.05, 4.69) is 166 Å². The van der Waals surface area contributed by atoms with Gasteiger partial charge in [-0.1, -0.05) is 192 Å². The second kappa shape index (κ2) is 30.5. The third-order valence-corrected chi connectivity index (χ3v) is 26.5. The number of thiophene rings is 6. The summed E-state index contributed by atoms with van der Waals surface area (Å²) in [5.74, 6) is 0. The summed E-state index contributed by atoms with van der Waals surface area (Å²) in [4.78, 5) is 15.9. The lowest BCUT2D eigenvalue weighted by atomic mass is 9.99. The van der Waals surface area contributed by atoms with Crippen LogP contribution in [0.25, 0.3) is 126 Å². The van der Waals surface area contributed by atoms with Gasteiger partial charge in [0.25, 0.3) is 0 Å². The molecule has 0 amide bonds. The molecule has 0 bridgehead atoms. The van der Waals surface area contributed by atoms with Gasteiger partial charge in [0.15, 0.2) is 0 Å². The molecule has 0 saturated carbocycles. The van der Waals surface area contributed by atoms with E-state index in [1.54, 1.807) is 0 Å². The largest absolute Gasteiger partial charge is 0.337 e. The van der Waals surface area contributed by atoms with Crippen LogP contribution in [-0.4, -0.2) is 22.1 Å². The highest BCUT2D eigenvalue weighted by molar-refractivity contribution is 7.24. The van der Waals surface area contributed by atoms with Crippen LogP contribution in [0.1, 0.15) is 185 Å². The summed E-state index contributed by atoms with van der Waals surface area (Å²) in [6.45, 7) is 9.22. The molecule has 0 aliphatic carbocycles. The molecule has 0 saturated heterocycles. The van der Waals surface area contributed by atoms with Crippen molar-refractivity contribution in [2.75, 3.05) is 0 Å². The van der Waals surface area contributed by atoms with Gasteiger partial charge in [-0.25, -0.2) is 0 Å². The van der Waals surface area contributed by atoms with Gasteiger partial charge in [-0.15, -0.1) is 68.0 Å². The van der Waals surface area contributed by atoms with E-state index in [0.29, 0.717) is 6.04 Å². The Hall–Kier alpha value is -5.48. The van der Waals surface area contributed by atoms with E-state index < -0.39 is 0 Å². The molecule has 13 aromatic rings. The third kappa shape index (κ3) is 14.2. The molecule has 9 heterocycles. The van der Waals surface area contributed by atoms with Crippen LogP contribution in [0, 0.1) is 0 Å². The number of hydrogen-bond donors (Lipinski definition) is 0. The molecule has 0 atom stereocenters. The van der Waals surface area contributed by atoms with Crippen molar-refractivity contribution in [1.29, 1.82) is 0 Å². The van der Waals surface area contributed by atoms with Crippen LogP contribution in [0.4, 0.5) is 0 Å². The Morgan fingerprint density at radius 1 is 0.300 bits per heavy atom. The zero-order valence-electron chi connectivity index (χ0n) is 52.8. The van der Waals surface area contributed by atoms with Gasteiger partial charge < -0.3 is 4.57 Å². The summed E-state index contributed by atoms with van der Waals surface area (Å²) in [6, 6.07) is 52.1. The quantitative estimate of drug-likeness (QED) is 0.0385. The number of fused-ring (bicyclic) bond motifs is 5. The Balaban J connectivity index is 0.807. The second-order valence-electron chi connectivity index (χ2n) is 24.7. The Kier molecular flexibility index (Phi) is 21.5. The highest BCUT2D eigenvalue weighted by atomic mass is 32.1. The number of aromatic nitrogens is 5. The summed E-state index contributed by atoms with van der Waals surface area (Å²) in [7, 11) is 0. The predicted octanol–water partition coefficient (Wildman–Crippen LogP) is 27.8. The molecule has 9 aromatic heterocycles. The first-order chi connectivity index (χ1) is 44.5. The fraction of sp³-hybridized carbons (Fsp3) is 0.377. The summed E-state index contributed by atoms with van der Waals surface area (Å²) >= 11 is 14.1. The third-order valence-electron chi connectivity index (χ3n) is 18.2. The van der Waals surface area contributed by atoms with Crippen molar-refractivity contribution in [3.8, 4) is 82.2 Å². The molecule has 464 valence electrons. The molecule has 0 aliphatic heterocycles. The molecule has 0 radical (unpaired) electrons. The topological polar surface area (TPSA) is 56.5 Å². The van der Waals surface area contributed by atoms with Crippen LogP contribution < -0.4 is 0 Å². The van der Waals surface area contributed by atoms with Gasteiger partial charge in [-0.2, -0.15) is 17.5 Å². The Morgan fingerprint density at radius 2 is 0.611 bits per heavy atom. The molecule has 0 spiro atoms. The Bertz CT molecular complexity index is 4170. The normalized spacial score (nSPS) is 12.1. The van der Waals surface area contributed by atoms with Crippen molar-refractivity contribution in [2.24, 2.45) is 0 Å². The van der Waals surface area contributed by atoms with E-state index in [0.717, 1.165) is 33.2 Å². The molecule has 13 rings (SSSR count). The van der Waals surface area contributed by atoms with E-state index in [1.165, 1.54) is 280 Å². The van der Waals surface area contributed by atoms with Crippen molar-refractivity contribution >= 4 is 135 Å². The van der Waals surface area contributed by atoms with Crippen LogP contribution in [0.15, 0.2) is 133 Å². The van der Waals surface area contributed by atoms with Crippen LogP contribution in [0.3, 0.4) is 0 Å². The van der Waals surface area contributed by atoms with Crippen molar-refractivity contribution in [1.82, 2.24) is 22.1 Å². The summed E-state index contributed by atoms with van der Waals surface area (Å²) in [5, 5.41) is 2.69. The van der Waals surface area contributed by atoms with E-state index in [4.69, 9.17) is 17.5 Å². The first kappa shape index (κ1) is 63.3. The molecule has 4 aromatic carbocycles. The summed E-state index contributed by atoms with van der Waals surface area (Å²) in [5.41, 5.74) is 13.9. The molecule has 13 heteroatoms. The van der Waals surface area contributed by atoms with Gasteiger partial charge in [0.1, 0.15) is 22.1 Å². The van der Waals surface area contributed by atoms with Gasteiger partial charge in [-0.3, -0.25) is 0 Å². The fourth-order valence-electron chi connectivity index (χ4n) is 13.2. The maximum Gasteiger partial charge on any atom is 0.114 e. The number of aryl methyl sites for hydroxylation is 2. The molecule has 0 unspecified atom stereocenters. The summed E-state index contributed by atoms with van der Waals surface area (Å²) in [6.07, 6.45) is 30.8. The lowest BCUT2D eigenvalue weighted by molar-refractivity contribution is 0.410. The second-order valence-corrected chi connectivity index (χ2v) is 32.4. The van der Waals surface area contributed by atoms with E-state index in [-0.39, 0.29) is 0 Å². The zero-order chi connectivity index (χ0) is 61.2. The number of hydrogen-bond acceptors (Lipinski definition) is 12. The van der Waals surface area contributed by atoms with Gasteiger partial charge in [0, 0.05) is 97.6 Å². The molecular weight excluding hydrogens is 1250 g/mol. The molecular formula is C77H83N5S8. The standard InChI is InChI=1S/C77H83N5S8/c1-5-9-13-17-19-21-25-53(26-22-20-18-14-10-6-2)82-62-49-51(64-41-43-66(85-64)58-35-37-60(76-74(58)78-89-80-76)68-45-47-72(87-68)70-39-31-54(83-70)27-23-15-11-7-3)29-33-56(62)57-34-30-52(50-63(57)82)65-42-44-67(86-65)59-36-38-61(77-75(59)79-90-81-77)69-46-48-73(88-69)71-40-32-55(84-71)28-24-16-12-8-4/h29-50,53H,5-28H2,1-4H3. The molecule has 0 fully saturated rings. The molecule has 5 nitrogen and oxygen atoms in total. The maximum atomic E-state index is 4.98. The molecule has 0 aliphatic rings. The van der Waals surface area contributed by atoms with E-state index in [1.807, 2.05) is 68.0 Å². The monoisotopic (exact) mass is 1330 g/mol. The van der Waals surface area contributed by atoms with Crippen molar-refractivity contribution in [3.05, 3.63) is 143 Å². The number of unbranched alkanes of at least 4 members (excludes halogenated alkanes) is 16. The highest BCUT2D eigenvalue weighted by Gasteiger charge is 2.24. The molecule has 90 heavy (non-hydrogen) atoms. The van der Waals surface area contributed by atoms with Gasteiger partial charge >= 0.3 is 0 Å². The highest BCUT2D eigenvalue weighted by Crippen LogP contribution is 2.48. The minimum Gasteiger partial charge on any atom is -0.337 e. The SMILES string of the molecule is CCCCCCCCC(CCCCCCCC)n1c2cc(-c3ccc(-c4ccc(-c5ccc(-c6ccc(CCCCCC)s6)s5)c5nsnc45)s3)ccc2c2ccc(-c3ccc(-c4ccc(-c5ccc(-c6ccc(CCCCCC)s6)s5)c5nsnc45)s3)cc21. The lowest BCUT2D eigenvalue weighted by Crippen LogP contribution is -2.09. The van der Waals surface area contributed by atoms with Crippen LogP contribution in [-0.2, 0) is 12.8 Å². The summed E-state index contributed by atoms with van der Waals surface area (Å²) < 4.78 is 22.7. The van der Waals surface area contributed by atoms with Gasteiger partial charge in [0.2, 0.25) is 0 Å². The number of rotatable bonds is 33. The average Bonchev–Trinajstić information content (AvgIpc) is 1.75. The van der Waals surface area contributed by atoms with Gasteiger partial charge in [0.05, 0.1) is 34.5 Å². The van der Waals surface area contributed by atoms with Crippen molar-refractivity contribution < 1.29 is 0 Å². The van der Waals surface area contributed by atoms with Crippen LogP contribution in [0.5, 0.6) is 0 Å². The smallest absolute Gasteiger partial charge is 0.114 e. The average molecular weight is 1340 g/mol. The minimum atomic E-state index is 0.406. The first-order valence-electron chi connectivity index (χ1n) is 33.6. The first-order valence-corrected chi connectivity index (χ1v) is 40.0.